The van der Waals surface area contributed by atoms with E-state index in [1.165, 1.54) is 6.08 Å². The molecule has 0 N–H and O–H groups in total. The van der Waals surface area contributed by atoms with Crippen molar-refractivity contribution in [1.29, 1.82) is 0 Å². The molecule has 0 radical (unpaired) electrons. The lowest BCUT2D eigenvalue weighted by molar-refractivity contribution is -0.150. The van der Waals surface area contributed by atoms with Crippen LogP contribution in [0, 0.1) is 10.8 Å². The summed E-state index contributed by atoms with van der Waals surface area (Å²) in [6.45, 7) is 10.8. The smallest absolute Gasteiger partial charge is 0.493 e. The summed E-state index contributed by atoms with van der Waals surface area (Å²) in [6.07, 6.45) is 1.35. The highest BCUT2D eigenvalue weighted by molar-refractivity contribution is 6.55. The van der Waals surface area contributed by atoms with Crippen molar-refractivity contribution in [3.05, 3.63) is 11.8 Å². The Labute approximate surface area is 118 Å². The van der Waals surface area contributed by atoms with E-state index in [1.807, 2.05) is 20.8 Å². The van der Waals surface area contributed by atoms with Gasteiger partial charge in [-0.2, -0.15) is 0 Å². The first-order valence-electron chi connectivity index (χ1n) is 6.26. The molecule has 0 unspecified atom stereocenters. The standard InChI is InChI=1S/C13H19BO6/c1-12(2,3)8(15)7-9(13(4,5)6)18-14-19-10(16)11(17)20-14/h7H,1-6H3/b9-7-. The molecule has 0 spiro atoms. The number of rotatable bonds is 3. The topological polar surface area (TPSA) is 78.9 Å². The second-order valence-electron chi connectivity index (χ2n) is 6.59. The molecule has 0 bridgehead atoms. The molecule has 0 aromatic rings. The minimum Gasteiger partial charge on any atom is -0.493 e. The van der Waals surface area contributed by atoms with Gasteiger partial charge in [-0.15, -0.1) is 0 Å². The van der Waals surface area contributed by atoms with Crippen LogP contribution in [0.5, 0.6) is 0 Å². The van der Waals surface area contributed by atoms with Crippen LogP contribution in [0.15, 0.2) is 11.8 Å². The molecule has 0 aliphatic carbocycles. The molecule has 1 saturated heterocycles. The van der Waals surface area contributed by atoms with E-state index in [0.29, 0.717) is 0 Å². The van der Waals surface area contributed by atoms with Crippen molar-refractivity contribution in [2.45, 2.75) is 41.5 Å². The molecular formula is C13H19BO6. The number of carbonyl (C=O) groups excluding carboxylic acids is 3. The maximum atomic E-state index is 12.1. The molecule has 6 nitrogen and oxygen atoms in total. The van der Waals surface area contributed by atoms with E-state index in [4.69, 9.17) is 4.65 Å². The van der Waals surface area contributed by atoms with Gasteiger partial charge in [0.1, 0.15) is 0 Å². The summed E-state index contributed by atoms with van der Waals surface area (Å²) in [4.78, 5) is 33.9. The van der Waals surface area contributed by atoms with E-state index in [1.54, 1.807) is 20.8 Å². The number of carbonyl (C=O) groups is 3. The van der Waals surface area contributed by atoms with E-state index in [9.17, 15) is 14.4 Å². The third-order valence-corrected chi connectivity index (χ3v) is 2.54. The van der Waals surface area contributed by atoms with Crippen molar-refractivity contribution >= 4 is 25.0 Å². The lowest BCUT2D eigenvalue weighted by Crippen LogP contribution is -2.27. The van der Waals surface area contributed by atoms with E-state index < -0.39 is 30.1 Å². The van der Waals surface area contributed by atoms with Crippen LogP contribution in [0.4, 0.5) is 0 Å². The van der Waals surface area contributed by atoms with Gasteiger partial charge in [0.05, 0.1) is 5.76 Å². The van der Waals surface area contributed by atoms with Crippen molar-refractivity contribution in [3.63, 3.8) is 0 Å². The summed E-state index contributed by atoms with van der Waals surface area (Å²) in [5.41, 5.74) is -1.08. The second kappa shape index (κ2) is 5.30. The maximum absolute atomic E-state index is 12.1. The molecule has 0 atom stereocenters. The molecule has 0 amide bonds. The summed E-state index contributed by atoms with van der Waals surface area (Å²) in [6, 6.07) is 0. The largest absolute Gasteiger partial charge is 0.868 e. The molecule has 1 aliphatic heterocycles. The van der Waals surface area contributed by atoms with Gasteiger partial charge in [-0.25, -0.2) is 9.59 Å². The zero-order valence-electron chi connectivity index (χ0n) is 12.6. The average Bonchev–Trinajstić information content (AvgIpc) is 2.54. The Balaban J connectivity index is 2.93. The van der Waals surface area contributed by atoms with Crippen molar-refractivity contribution in [1.82, 2.24) is 0 Å². The summed E-state index contributed by atoms with van der Waals surface area (Å²) in [7, 11) is -1.44. The fourth-order valence-corrected chi connectivity index (χ4v) is 1.21. The number of ketones is 1. The highest BCUT2D eigenvalue weighted by Crippen LogP contribution is 2.29. The summed E-state index contributed by atoms with van der Waals surface area (Å²) in [5, 5.41) is 0. The van der Waals surface area contributed by atoms with Gasteiger partial charge in [0.25, 0.3) is 0 Å². The predicted molar refractivity (Wildman–Crippen MR) is 71.0 cm³/mol. The van der Waals surface area contributed by atoms with Crippen LogP contribution in [0.1, 0.15) is 41.5 Å². The zero-order chi connectivity index (χ0) is 15.7. The van der Waals surface area contributed by atoms with Gasteiger partial charge in [0.15, 0.2) is 5.78 Å². The Bertz CT molecular complexity index is 450. The van der Waals surface area contributed by atoms with E-state index in [-0.39, 0.29) is 11.5 Å². The molecule has 20 heavy (non-hydrogen) atoms. The monoisotopic (exact) mass is 282 g/mol. The fourth-order valence-electron chi connectivity index (χ4n) is 1.21. The van der Waals surface area contributed by atoms with E-state index in [0.717, 1.165) is 0 Å². The van der Waals surface area contributed by atoms with Crippen LogP contribution < -0.4 is 0 Å². The third-order valence-electron chi connectivity index (χ3n) is 2.54. The minimum absolute atomic E-state index is 0.141. The zero-order valence-corrected chi connectivity index (χ0v) is 12.6. The highest BCUT2D eigenvalue weighted by Gasteiger charge is 2.47. The fraction of sp³-hybridized carbons (Fsp3) is 0.615. The second-order valence-corrected chi connectivity index (χ2v) is 6.59. The van der Waals surface area contributed by atoms with E-state index in [2.05, 4.69) is 9.31 Å². The average molecular weight is 282 g/mol. The predicted octanol–water partition coefficient (Wildman–Crippen LogP) is 1.63. The first-order chi connectivity index (χ1) is 8.91. The van der Waals surface area contributed by atoms with Crippen LogP contribution in [0.2, 0.25) is 0 Å². The van der Waals surface area contributed by atoms with Crippen LogP contribution in [-0.4, -0.2) is 25.0 Å². The molecule has 110 valence electrons. The van der Waals surface area contributed by atoms with Crippen LogP contribution in [0.25, 0.3) is 0 Å². The van der Waals surface area contributed by atoms with Gasteiger partial charge in [0, 0.05) is 16.9 Å². The van der Waals surface area contributed by atoms with Crippen molar-refractivity contribution in [2.75, 3.05) is 0 Å². The van der Waals surface area contributed by atoms with E-state index >= 15 is 0 Å². The molecule has 1 fully saturated rings. The SMILES string of the molecule is CC(C)(C)C(=O)/C=C(\OB1OC(=O)C(=O)O1)C(C)(C)C. The minimum atomic E-state index is -1.44. The highest BCUT2D eigenvalue weighted by atomic mass is 16.8. The molecule has 1 rings (SSSR count). The third kappa shape index (κ3) is 4.11. The van der Waals surface area contributed by atoms with Gasteiger partial charge in [0.2, 0.25) is 0 Å². The Morgan fingerprint density at radius 2 is 1.45 bits per heavy atom. The van der Waals surface area contributed by atoms with Crippen molar-refractivity contribution < 1.29 is 28.3 Å². The first kappa shape index (κ1) is 16.3. The Morgan fingerprint density at radius 3 is 1.80 bits per heavy atom. The Hall–Kier alpha value is -1.79. The lowest BCUT2D eigenvalue weighted by Gasteiger charge is -2.24. The van der Waals surface area contributed by atoms with Crippen LogP contribution in [0.3, 0.4) is 0 Å². The summed E-state index contributed by atoms with van der Waals surface area (Å²) < 4.78 is 14.5. The summed E-state index contributed by atoms with van der Waals surface area (Å²) in [5.74, 6) is -2.07. The number of hydrogen-bond donors (Lipinski definition) is 0. The van der Waals surface area contributed by atoms with Crippen LogP contribution in [-0.2, 0) is 28.3 Å². The van der Waals surface area contributed by atoms with Crippen molar-refractivity contribution in [3.8, 4) is 0 Å². The quantitative estimate of drug-likeness (QED) is 0.339. The summed E-state index contributed by atoms with van der Waals surface area (Å²) >= 11 is 0. The first-order valence-corrected chi connectivity index (χ1v) is 6.26. The molecule has 1 heterocycles. The van der Waals surface area contributed by atoms with Gasteiger partial charge < -0.3 is 14.0 Å². The molecule has 7 heteroatoms. The van der Waals surface area contributed by atoms with Gasteiger partial charge in [-0.05, 0) is 0 Å². The van der Waals surface area contributed by atoms with Gasteiger partial charge >= 0.3 is 19.3 Å². The maximum Gasteiger partial charge on any atom is 0.868 e. The van der Waals surface area contributed by atoms with Gasteiger partial charge in [-0.1, -0.05) is 41.5 Å². The molecule has 0 saturated carbocycles. The van der Waals surface area contributed by atoms with Gasteiger partial charge in [-0.3, -0.25) is 4.79 Å². The van der Waals surface area contributed by atoms with Crippen molar-refractivity contribution in [2.24, 2.45) is 10.8 Å². The Morgan fingerprint density at radius 1 is 1.00 bits per heavy atom. The lowest BCUT2D eigenvalue weighted by atomic mass is 9.86. The number of hydrogen-bond acceptors (Lipinski definition) is 6. The van der Waals surface area contributed by atoms with Crippen LogP contribution >= 0.6 is 0 Å². The number of allylic oxidation sites excluding steroid dienone is 2. The molecule has 1 aliphatic rings. The molecule has 0 aromatic heterocycles. The molecule has 0 aromatic carbocycles. The normalized spacial score (nSPS) is 16.9. The Kier molecular flexibility index (Phi) is 4.31. The molecular weight excluding hydrogens is 263 g/mol.